The zero-order chi connectivity index (χ0) is 21.1. The summed E-state index contributed by atoms with van der Waals surface area (Å²) in [6.07, 6.45) is -2.56. The van der Waals surface area contributed by atoms with Crippen LogP contribution in [-0.2, 0) is 25.7 Å². The van der Waals surface area contributed by atoms with E-state index in [-0.39, 0.29) is 10.6 Å². The van der Waals surface area contributed by atoms with Crippen molar-refractivity contribution in [3.05, 3.63) is 65.5 Å². The second-order valence-electron chi connectivity index (χ2n) is 5.56. The number of carbonyl (C=O) groups excluding carboxylic acids is 1. The van der Waals surface area contributed by atoms with Gasteiger partial charge in [0.2, 0.25) is 0 Å². The van der Waals surface area contributed by atoms with Gasteiger partial charge in [0.25, 0.3) is 10.0 Å². The van der Waals surface area contributed by atoms with E-state index in [1.807, 2.05) is 0 Å². The highest BCUT2D eigenvalue weighted by Gasteiger charge is 2.35. The summed E-state index contributed by atoms with van der Waals surface area (Å²) >= 11 is 0. The number of anilines is 1. The van der Waals surface area contributed by atoms with Gasteiger partial charge in [-0.2, -0.15) is 13.2 Å². The fourth-order valence-corrected chi connectivity index (χ4v) is 3.48. The van der Waals surface area contributed by atoms with Crippen molar-refractivity contribution in [1.29, 1.82) is 0 Å². The quantitative estimate of drug-likeness (QED) is 0.421. The number of nitrogens with zero attached hydrogens (tertiary/aromatic N) is 1. The predicted octanol–water partition coefficient (Wildman–Crippen LogP) is 3.86. The van der Waals surface area contributed by atoms with Gasteiger partial charge in [0.05, 0.1) is 23.3 Å². The highest BCUT2D eigenvalue weighted by Crippen LogP contribution is 2.34. The van der Waals surface area contributed by atoms with E-state index in [4.69, 9.17) is 0 Å². The van der Waals surface area contributed by atoms with Gasteiger partial charge in [0.1, 0.15) is 5.82 Å². The molecule has 0 amide bonds. The van der Waals surface area contributed by atoms with Gasteiger partial charge in [0, 0.05) is 13.1 Å². The first-order valence-electron chi connectivity index (χ1n) is 7.68. The molecule has 0 N–H and O–H groups in total. The molecule has 0 saturated heterocycles. The second-order valence-corrected chi connectivity index (χ2v) is 7.53. The van der Waals surface area contributed by atoms with Crippen LogP contribution in [-0.4, -0.2) is 28.5 Å². The molecule has 0 radical (unpaired) electrons. The largest absolute Gasteiger partial charge is 0.466 e. The fraction of sp³-hybridized carbons (Fsp3) is 0.167. The SMILES string of the molecule is COC(=O)/C=C/c1cccc(S(=O)(=O)N(C)c2ccc(F)c(C(F)(F)F)c2)c1. The van der Waals surface area contributed by atoms with Crippen LogP contribution in [0.1, 0.15) is 11.1 Å². The Morgan fingerprint density at radius 3 is 2.43 bits per heavy atom. The smallest absolute Gasteiger partial charge is 0.419 e. The number of rotatable bonds is 5. The lowest BCUT2D eigenvalue weighted by atomic mass is 10.2. The summed E-state index contributed by atoms with van der Waals surface area (Å²) in [4.78, 5) is 10.9. The molecule has 0 aliphatic rings. The first-order chi connectivity index (χ1) is 13.0. The van der Waals surface area contributed by atoms with Crippen molar-refractivity contribution in [2.24, 2.45) is 0 Å². The van der Waals surface area contributed by atoms with Crippen LogP contribution in [0, 0.1) is 5.82 Å². The Hall–Kier alpha value is -2.88. The van der Waals surface area contributed by atoms with E-state index in [9.17, 15) is 30.8 Å². The minimum Gasteiger partial charge on any atom is -0.466 e. The van der Waals surface area contributed by atoms with Crippen LogP contribution in [0.2, 0.25) is 0 Å². The molecular weight excluding hydrogens is 402 g/mol. The molecule has 2 aromatic carbocycles. The normalized spacial score (nSPS) is 12.2. The average molecular weight is 417 g/mol. The van der Waals surface area contributed by atoms with Crippen molar-refractivity contribution in [2.45, 2.75) is 11.1 Å². The topological polar surface area (TPSA) is 63.7 Å². The molecular formula is C18H15F4NO4S. The van der Waals surface area contributed by atoms with E-state index >= 15 is 0 Å². The van der Waals surface area contributed by atoms with E-state index in [0.29, 0.717) is 22.0 Å². The van der Waals surface area contributed by atoms with Crippen LogP contribution in [0.25, 0.3) is 6.08 Å². The van der Waals surface area contributed by atoms with Gasteiger partial charge < -0.3 is 4.74 Å². The zero-order valence-electron chi connectivity index (χ0n) is 14.7. The standard InChI is InChI=1S/C18H15F4NO4S/c1-23(13-7-8-16(19)15(11-13)18(20,21)22)28(25,26)14-5-3-4-12(10-14)6-9-17(24)27-2/h3-11H,1-2H3/b9-6+. The number of hydrogen-bond acceptors (Lipinski definition) is 4. The minimum absolute atomic E-state index is 0.222. The molecule has 0 aromatic heterocycles. The van der Waals surface area contributed by atoms with Crippen molar-refractivity contribution in [2.75, 3.05) is 18.5 Å². The molecule has 5 nitrogen and oxygen atoms in total. The number of ether oxygens (including phenoxy) is 1. The lowest BCUT2D eigenvalue weighted by Gasteiger charge is -2.21. The van der Waals surface area contributed by atoms with Crippen LogP contribution in [0.4, 0.5) is 23.2 Å². The van der Waals surface area contributed by atoms with Gasteiger partial charge >= 0.3 is 12.1 Å². The number of benzene rings is 2. The van der Waals surface area contributed by atoms with Crippen molar-refractivity contribution in [1.82, 2.24) is 0 Å². The summed E-state index contributed by atoms with van der Waals surface area (Å²) in [7, 11) is -2.00. The summed E-state index contributed by atoms with van der Waals surface area (Å²) in [6.45, 7) is 0. The predicted molar refractivity (Wildman–Crippen MR) is 94.5 cm³/mol. The maximum absolute atomic E-state index is 13.4. The third kappa shape index (κ3) is 4.69. The van der Waals surface area contributed by atoms with Gasteiger partial charge in [-0.3, -0.25) is 4.31 Å². The molecule has 0 fully saturated rings. The van der Waals surface area contributed by atoms with Gasteiger partial charge in [-0.15, -0.1) is 0 Å². The summed E-state index contributed by atoms with van der Waals surface area (Å²) in [5, 5.41) is 0. The first kappa shape index (κ1) is 21.4. The Morgan fingerprint density at radius 1 is 1.14 bits per heavy atom. The summed E-state index contributed by atoms with van der Waals surface area (Å²) in [5.41, 5.74) is -1.57. The van der Waals surface area contributed by atoms with Crippen LogP contribution < -0.4 is 4.31 Å². The summed E-state index contributed by atoms with van der Waals surface area (Å²) in [6, 6.07) is 7.33. The van der Waals surface area contributed by atoms with Crippen molar-refractivity contribution >= 4 is 27.8 Å². The number of esters is 1. The molecule has 2 rings (SSSR count). The molecule has 0 aliphatic carbocycles. The number of hydrogen-bond donors (Lipinski definition) is 0. The van der Waals surface area contributed by atoms with Crippen molar-refractivity contribution in [3.63, 3.8) is 0 Å². The average Bonchev–Trinajstić information content (AvgIpc) is 2.65. The maximum atomic E-state index is 13.4. The summed E-state index contributed by atoms with van der Waals surface area (Å²) < 4.78 is 82.7. The highest BCUT2D eigenvalue weighted by molar-refractivity contribution is 7.92. The van der Waals surface area contributed by atoms with E-state index in [1.54, 1.807) is 0 Å². The third-order valence-electron chi connectivity index (χ3n) is 3.75. The van der Waals surface area contributed by atoms with Crippen molar-refractivity contribution in [3.8, 4) is 0 Å². The number of halogens is 4. The molecule has 2 aromatic rings. The molecule has 0 unspecified atom stereocenters. The Kier molecular flexibility index (Phi) is 6.13. The van der Waals surface area contributed by atoms with Crippen LogP contribution in [0.15, 0.2) is 53.4 Å². The maximum Gasteiger partial charge on any atom is 0.419 e. The molecule has 0 bridgehead atoms. The Bertz CT molecular complexity index is 1020. The molecule has 0 aliphatic heterocycles. The number of carbonyl (C=O) groups is 1. The van der Waals surface area contributed by atoms with Crippen LogP contribution in [0.5, 0.6) is 0 Å². The molecule has 0 atom stereocenters. The minimum atomic E-state index is -4.97. The van der Waals surface area contributed by atoms with E-state index in [2.05, 4.69) is 4.74 Å². The van der Waals surface area contributed by atoms with E-state index < -0.39 is 33.5 Å². The molecule has 150 valence electrons. The highest BCUT2D eigenvalue weighted by atomic mass is 32.2. The molecule has 0 saturated carbocycles. The second kappa shape index (κ2) is 8.01. The van der Waals surface area contributed by atoms with Crippen LogP contribution in [0.3, 0.4) is 0 Å². The monoisotopic (exact) mass is 417 g/mol. The molecule has 0 heterocycles. The van der Waals surface area contributed by atoms with Gasteiger partial charge in [-0.1, -0.05) is 12.1 Å². The van der Waals surface area contributed by atoms with E-state index in [1.165, 1.54) is 37.5 Å². The Labute approximate surface area is 158 Å². The van der Waals surface area contributed by atoms with E-state index in [0.717, 1.165) is 19.2 Å². The number of sulfonamides is 1. The van der Waals surface area contributed by atoms with Gasteiger partial charge in [0.15, 0.2) is 0 Å². The molecule has 10 heteroatoms. The number of methoxy groups -OCH3 is 1. The lowest BCUT2D eigenvalue weighted by Crippen LogP contribution is -2.27. The fourth-order valence-electron chi connectivity index (χ4n) is 2.23. The first-order valence-corrected chi connectivity index (χ1v) is 9.12. The zero-order valence-corrected chi connectivity index (χ0v) is 15.5. The van der Waals surface area contributed by atoms with Gasteiger partial charge in [-0.25, -0.2) is 17.6 Å². The lowest BCUT2D eigenvalue weighted by molar-refractivity contribution is -0.140. The molecule has 0 spiro atoms. The Balaban J connectivity index is 2.42. The molecule has 28 heavy (non-hydrogen) atoms. The van der Waals surface area contributed by atoms with Crippen molar-refractivity contribution < 1.29 is 35.5 Å². The van der Waals surface area contributed by atoms with Gasteiger partial charge in [-0.05, 0) is 42.0 Å². The Morgan fingerprint density at radius 2 is 1.82 bits per heavy atom. The van der Waals surface area contributed by atoms with Crippen LogP contribution >= 0.6 is 0 Å². The number of alkyl halides is 3. The third-order valence-corrected chi connectivity index (χ3v) is 5.53. The summed E-state index contributed by atoms with van der Waals surface area (Å²) in [5.74, 6) is -2.15.